The van der Waals surface area contributed by atoms with Crippen LogP contribution in [0.4, 0.5) is 5.69 Å². The van der Waals surface area contributed by atoms with Gasteiger partial charge in [-0.2, -0.15) is 4.58 Å². The van der Waals surface area contributed by atoms with Gasteiger partial charge in [-0.1, -0.05) is 60.1 Å². The largest absolute Gasteiger partial charge is 1.00 e. The second-order valence-electron chi connectivity index (χ2n) is 5.94. The molecule has 3 rings (SSSR count). The summed E-state index contributed by atoms with van der Waals surface area (Å²) in [6, 6.07) is 18.6. The van der Waals surface area contributed by atoms with E-state index in [1.54, 1.807) is 0 Å². The Balaban J connectivity index is 0.00000176. The summed E-state index contributed by atoms with van der Waals surface area (Å²) in [5.41, 5.74) is 4.83. The van der Waals surface area contributed by atoms with Crippen LogP contribution in [0, 0.1) is 0 Å². The van der Waals surface area contributed by atoms with Crippen molar-refractivity contribution in [3.63, 3.8) is 0 Å². The molecule has 0 bridgehead atoms. The molecule has 1 nitrogen and oxygen atoms in total. The van der Waals surface area contributed by atoms with Crippen molar-refractivity contribution < 1.29 is 17.0 Å². The molecule has 0 amide bonds. The predicted molar refractivity (Wildman–Crippen MR) is 90.6 cm³/mol. The highest BCUT2D eigenvalue weighted by molar-refractivity contribution is 6.50. The van der Waals surface area contributed by atoms with Crippen molar-refractivity contribution >= 4 is 28.0 Å². The fourth-order valence-electron chi connectivity index (χ4n) is 3.06. The van der Waals surface area contributed by atoms with Gasteiger partial charge in [0.25, 0.3) is 0 Å². The van der Waals surface area contributed by atoms with E-state index in [2.05, 4.69) is 55.8 Å². The summed E-state index contributed by atoms with van der Waals surface area (Å²) in [4.78, 5) is 0. The van der Waals surface area contributed by atoms with E-state index >= 15 is 0 Å². The molecular weight excluding hydrogens is 313 g/mol. The molecule has 0 radical (unpaired) electrons. The number of benzene rings is 2. The Morgan fingerprint density at radius 3 is 2.23 bits per heavy atom. The minimum Gasteiger partial charge on any atom is -1.00 e. The van der Waals surface area contributed by atoms with Gasteiger partial charge in [0.05, 0.1) is 10.4 Å². The first kappa shape index (κ1) is 16.8. The van der Waals surface area contributed by atoms with Crippen molar-refractivity contribution in [3.8, 4) is 0 Å². The van der Waals surface area contributed by atoms with Crippen molar-refractivity contribution in [1.82, 2.24) is 0 Å². The Morgan fingerprint density at radius 1 is 1.00 bits per heavy atom. The summed E-state index contributed by atoms with van der Waals surface area (Å²) in [7, 11) is 2.11. The van der Waals surface area contributed by atoms with Crippen molar-refractivity contribution in [2.24, 2.45) is 0 Å². The van der Waals surface area contributed by atoms with Gasteiger partial charge in [0.15, 0.2) is 5.71 Å². The Bertz CT molecular complexity index is 743. The number of fused-ring (bicyclic) bond motifs is 1. The molecule has 0 saturated heterocycles. The molecule has 114 valence electrons. The molecular formula is C19H19Cl2N. The van der Waals surface area contributed by atoms with E-state index in [-0.39, 0.29) is 17.8 Å². The predicted octanol–water partition coefficient (Wildman–Crippen LogP) is 1.98. The molecule has 0 aliphatic carbocycles. The fourth-order valence-corrected chi connectivity index (χ4v) is 3.29. The van der Waals surface area contributed by atoms with Gasteiger partial charge in [0.1, 0.15) is 7.05 Å². The number of para-hydroxylation sites is 1. The average molecular weight is 332 g/mol. The first-order chi connectivity index (χ1) is 10.0. The van der Waals surface area contributed by atoms with E-state index in [1.165, 1.54) is 17.0 Å². The van der Waals surface area contributed by atoms with Crippen LogP contribution in [0.25, 0.3) is 5.03 Å². The molecule has 3 heteroatoms. The molecule has 1 aliphatic heterocycles. The van der Waals surface area contributed by atoms with Gasteiger partial charge >= 0.3 is 0 Å². The van der Waals surface area contributed by atoms with Crippen LogP contribution in [0.1, 0.15) is 25.0 Å². The van der Waals surface area contributed by atoms with Gasteiger partial charge in [0, 0.05) is 17.7 Å². The number of allylic oxidation sites excluding steroid dienone is 1. The highest BCUT2D eigenvalue weighted by Gasteiger charge is 2.42. The molecule has 0 atom stereocenters. The minimum absolute atomic E-state index is 0. The lowest BCUT2D eigenvalue weighted by Gasteiger charge is -2.15. The Morgan fingerprint density at radius 2 is 1.59 bits per heavy atom. The molecule has 22 heavy (non-hydrogen) atoms. The lowest BCUT2D eigenvalue weighted by Crippen LogP contribution is -3.00. The first-order valence-electron chi connectivity index (χ1n) is 7.15. The Labute approximate surface area is 143 Å². The number of hydrogen-bond donors (Lipinski definition) is 0. The summed E-state index contributed by atoms with van der Waals surface area (Å²) in [5, 5.41) is 0.776. The molecule has 2 aromatic carbocycles. The first-order valence-corrected chi connectivity index (χ1v) is 7.53. The number of hydrogen-bond acceptors (Lipinski definition) is 0. The third-order valence-electron chi connectivity index (χ3n) is 4.25. The van der Waals surface area contributed by atoms with Crippen LogP contribution in [0.15, 0.2) is 60.7 Å². The van der Waals surface area contributed by atoms with Crippen molar-refractivity contribution in [3.05, 3.63) is 71.8 Å². The SMILES string of the molecule is C[N+]1=C(C=C(Cl)c2ccccc2)C(C)(C)c2ccccc21.[Cl-]. The number of halogens is 2. The molecule has 2 aromatic rings. The van der Waals surface area contributed by atoms with E-state index in [4.69, 9.17) is 11.6 Å². The van der Waals surface area contributed by atoms with E-state index in [1.807, 2.05) is 30.3 Å². The summed E-state index contributed by atoms with van der Waals surface area (Å²) in [6.45, 7) is 4.49. The van der Waals surface area contributed by atoms with Gasteiger partial charge in [0.2, 0.25) is 5.69 Å². The maximum atomic E-state index is 6.54. The van der Waals surface area contributed by atoms with Gasteiger partial charge in [-0.3, -0.25) is 0 Å². The van der Waals surface area contributed by atoms with Gasteiger partial charge in [-0.15, -0.1) is 0 Å². The van der Waals surface area contributed by atoms with Crippen molar-refractivity contribution in [2.45, 2.75) is 19.3 Å². The van der Waals surface area contributed by atoms with Crippen LogP contribution < -0.4 is 12.4 Å². The van der Waals surface area contributed by atoms with Crippen LogP contribution in [-0.2, 0) is 5.41 Å². The molecule has 0 N–H and O–H groups in total. The van der Waals surface area contributed by atoms with E-state index in [9.17, 15) is 0 Å². The molecule has 0 spiro atoms. The second-order valence-corrected chi connectivity index (χ2v) is 6.35. The molecule has 0 fully saturated rings. The van der Waals surface area contributed by atoms with Crippen molar-refractivity contribution in [1.29, 1.82) is 0 Å². The van der Waals surface area contributed by atoms with Crippen molar-refractivity contribution in [2.75, 3.05) is 7.05 Å². The highest BCUT2D eigenvalue weighted by Crippen LogP contribution is 2.39. The molecule has 1 aliphatic rings. The number of rotatable bonds is 2. The number of nitrogens with zero attached hydrogens (tertiary/aromatic N) is 1. The van der Waals surface area contributed by atoms with E-state index < -0.39 is 0 Å². The summed E-state index contributed by atoms with van der Waals surface area (Å²) < 4.78 is 2.24. The molecule has 0 aromatic heterocycles. The maximum Gasteiger partial charge on any atom is 0.209 e. The van der Waals surface area contributed by atoms with Crippen LogP contribution in [0.2, 0.25) is 0 Å². The highest BCUT2D eigenvalue weighted by atomic mass is 35.5. The zero-order chi connectivity index (χ0) is 15.0. The Kier molecular flexibility index (Phi) is 4.79. The summed E-state index contributed by atoms with van der Waals surface area (Å²) in [5.74, 6) is 0. The molecule has 1 heterocycles. The van der Waals surface area contributed by atoms with Crippen LogP contribution in [0.3, 0.4) is 0 Å². The van der Waals surface area contributed by atoms with Gasteiger partial charge in [-0.25, -0.2) is 0 Å². The van der Waals surface area contributed by atoms with E-state index in [0.29, 0.717) is 0 Å². The Hall–Kier alpha value is -1.57. The summed E-state index contributed by atoms with van der Waals surface area (Å²) >= 11 is 6.54. The normalized spacial score (nSPS) is 16.3. The minimum atomic E-state index is -0.0414. The zero-order valence-corrected chi connectivity index (χ0v) is 14.5. The van der Waals surface area contributed by atoms with Crippen LogP contribution >= 0.6 is 11.6 Å². The van der Waals surface area contributed by atoms with Crippen LogP contribution in [-0.4, -0.2) is 17.3 Å². The average Bonchev–Trinajstić information content (AvgIpc) is 2.70. The maximum absolute atomic E-state index is 6.54. The quantitative estimate of drug-likeness (QED) is 0.740. The topological polar surface area (TPSA) is 3.01 Å². The smallest absolute Gasteiger partial charge is 0.209 e. The van der Waals surface area contributed by atoms with E-state index in [0.717, 1.165) is 10.6 Å². The lowest BCUT2D eigenvalue weighted by atomic mass is 9.81. The standard InChI is InChI=1S/C19H19ClN.ClH/c1-19(2)15-11-7-8-12-17(15)21(3)18(19)13-16(20)14-9-5-4-6-10-14;/h4-13H,1-3H3;1H/q+1;/p-1. The van der Waals surface area contributed by atoms with Crippen LogP contribution in [0.5, 0.6) is 0 Å². The van der Waals surface area contributed by atoms with Gasteiger partial charge < -0.3 is 12.4 Å². The second kappa shape index (κ2) is 6.28. The fraction of sp³-hybridized carbons (Fsp3) is 0.211. The lowest BCUT2D eigenvalue weighted by molar-refractivity contribution is -0.401. The molecule has 0 saturated carbocycles. The van der Waals surface area contributed by atoms with Gasteiger partial charge in [-0.05, 0) is 19.4 Å². The zero-order valence-electron chi connectivity index (χ0n) is 13.0. The third kappa shape index (κ3) is 2.71. The molecule has 0 unspecified atom stereocenters. The third-order valence-corrected chi connectivity index (χ3v) is 4.58. The monoisotopic (exact) mass is 331 g/mol. The summed E-state index contributed by atoms with van der Waals surface area (Å²) in [6.07, 6.45) is 2.09.